The van der Waals surface area contributed by atoms with E-state index in [4.69, 9.17) is 5.73 Å². The Morgan fingerprint density at radius 3 is 2.50 bits per heavy atom. The number of rotatable bonds is 5. The second-order valence-corrected chi connectivity index (χ2v) is 4.82. The van der Waals surface area contributed by atoms with Gasteiger partial charge in [-0.05, 0) is 43.5 Å². The van der Waals surface area contributed by atoms with Gasteiger partial charge in [-0.15, -0.1) is 0 Å². The molecule has 0 bridgehead atoms. The number of unbranched alkanes of at least 4 members (excludes halogenated alkanes) is 2. The molecule has 0 fully saturated rings. The number of benzene rings is 1. The van der Waals surface area contributed by atoms with Crippen LogP contribution in [0.25, 0.3) is 11.0 Å². The molecule has 0 aliphatic carbocycles. The van der Waals surface area contributed by atoms with Crippen LogP contribution in [-0.2, 0) is 20.5 Å². The minimum absolute atomic E-state index is 0.0327. The van der Waals surface area contributed by atoms with Crippen LogP contribution in [0.1, 0.15) is 24.8 Å². The van der Waals surface area contributed by atoms with Gasteiger partial charge in [0.1, 0.15) is 0 Å². The van der Waals surface area contributed by atoms with Gasteiger partial charge >= 0.3 is 5.69 Å². The van der Waals surface area contributed by atoms with Gasteiger partial charge in [0.25, 0.3) is 0 Å². The van der Waals surface area contributed by atoms with Crippen molar-refractivity contribution >= 4 is 11.0 Å². The molecule has 0 amide bonds. The van der Waals surface area contributed by atoms with Crippen molar-refractivity contribution in [3.8, 4) is 0 Å². The molecule has 0 atom stereocenters. The van der Waals surface area contributed by atoms with Gasteiger partial charge in [-0.2, -0.15) is 0 Å². The maximum atomic E-state index is 11.8. The molecule has 4 nitrogen and oxygen atoms in total. The van der Waals surface area contributed by atoms with E-state index in [1.807, 2.05) is 20.2 Å². The van der Waals surface area contributed by atoms with Crippen LogP contribution in [0.2, 0.25) is 0 Å². The highest BCUT2D eigenvalue weighted by atomic mass is 16.1. The Balaban J connectivity index is 2.22. The molecular weight excluding hydrogens is 226 g/mol. The Morgan fingerprint density at radius 2 is 1.78 bits per heavy atom. The predicted molar refractivity (Wildman–Crippen MR) is 74.8 cm³/mol. The zero-order valence-electron chi connectivity index (χ0n) is 11.1. The van der Waals surface area contributed by atoms with Gasteiger partial charge in [-0.1, -0.05) is 12.5 Å². The van der Waals surface area contributed by atoms with Crippen LogP contribution in [-0.4, -0.2) is 15.7 Å². The van der Waals surface area contributed by atoms with Crippen LogP contribution in [0.15, 0.2) is 23.0 Å². The van der Waals surface area contributed by atoms with Gasteiger partial charge in [0.2, 0.25) is 0 Å². The zero-order valence-corrected chi connectivity index (χ0v) is 11.1. The maximum absolute atomic E-state index is 11.8. The largest absolute Gasteiger partial charge is 0.330 e. The number of nitrogens with zero attached hydrogens (tertiary/aromatic N) is 2. The third-order valence-corrected chi connectivity index (χ3v) is 3.51. The quantitative estimate of drug-likeness (QED) is 0.815. The first-order chi connectivity index (χ1) is 8.65. The molecule has 0 saturated heterocycles. The Labute approximate surface area is 107 Å². The molecule has 0 unspecified atom stereocenters. The number of nitrogens with two attached hydrogens (primary N) is 1. The topological polar surface area (TPSA) is 53.0 Å². The standard InChI is InChI=1S/C14H21N3O/c1-16-12-8-7-11(6-4-3-5-9-15)10-13(12)17(2)14(16)18/h7-8,10H,3-6,9,15H2,1-2H3. The molecule has 2 rings (SSSR count). The lowest BCUT2D eigenvalue weighted by atomic mass is 10.1. The van der Waals surface area contributed by atoms with Gasteiger partial charge in [0.15, 0.2) is 0 Å². The molecule has 1 heterocycles. The SMILES string of the molecule is Cn1c(=O)n(C)c2cc(CCCCCN)ccc21. The van der Waals surface area contributed by atoms with Gasteiger partial charge in [0.05, 0.1) is 11.0 Å². The number of aryl methyl sites for hydroxylation is 3. The first kappa shape index (κ1) is 12.9. The lowest BCUT2D eigenvalue weighted by Gasteiger charge is -2.02. The van der Waals surface area contributed by atoms with Crippen LogP contribution < -0.4 is 11.4 Å². The Morgan fingerprint density at radius 1 is 1.06 bits per heavy atom. The molecule has 0 saturated carbocycles. The molecule has 2 N–H and O–H groups in total. The second kappa shape index (κ2) is 5.40. The van der Waals surface area contributed by atoms with E-state index in [-0.39, 0.29) is 5.69 Å². The third-order valence-electron chi connectivity index (χ3n) is 3.51. The minimum atomic E-state index is 0.0327. The van der Waals surface area contributed by atoms with Crippen LogP contribution in [0.5, 0.6) is 0 Å². The Hall–Kier alpha value is -1.55. The van der Waals surface area contributed by atoms with Crippen molar-refractivity contribution in [1.29, 1.82) is 0 Å². The summed E-state index contributed by atoms with van der Waals surface area (Å²) in [6, 6.07) is 6.28. The molecule has 2 aromatic rings. The van der Waals surface area contributed by atoms with E-state index in [0.717, 1.165) is 36.8 Å². The summed E-state index contributed by atoms with van der Waals surface area (Å²) in [4.78, 5) is 11.8. The number of hydrogen-bond acceptors (Lipinski definition) is 2. The lowest BCUT2D eigenvalue weighted by molar-refractivity contribution is 0.687. The van der Waals surface area contributed by atoms with Crippen molar-refractivity contribution in [3.63, 3.8) is 0 Å². The van der Waals surface area contributed by atoms with Crippen molar-refractivity contribution in [3.05, 3.63) is 34.2 Å². The number of imidazole rings is 1. The Bertz CT molecular complexity index is 595. The van der Waals surface area contributed by atoms with Gasteiger partial charge in [0, 0.05) is 14.1 Å². The average molecular weight is 247 g/mol. The normalized spacial score (nSPS) is 11.3. The summed E-state index contributed by atoms with van der Waals surface area (Å²) in [5.74, 6) is 0. The van der Waals surface area contributed by atoms with Gasteiger partial charge in [-0.25, -0.2) is 4.79 Å². The summed E-state index contributed by atoms with van der Waals surface area (Å²) in [5, 5.41) is 0. The van der Waals surface area contributed by atoms with E-state index in [1.54, 1.807) is 9.13 Å². The predicted octanol–water partition coefficient (Wildman–Crippen LogP) is 1.55. The molecule has 1 aromatic carbocycles. The first-order valence-electron chi connectivity index (χ1n) is 6.49. The van der Waals surface area contributed by atoms with Crippen molar-refractivity contribution in [2.24, 2.45) is 19.8 Å². The fourth-order valence-electron chi connectivity index (χ4n) is 2.36. The van der Waals surface area contributed by atoms with Crippen LogP contribution in [0.3, 0.4) is 0 Å². The molecule has 4 heteroatoms. The molecule has 0 aliphatic heterocycles. The fraction of sp³-hybridized carbons (Fsp3) is 0.500. The van der Waals surface area contributed by atoms with E-state index in [1.165, 1.54) is 12.0 Å². The first-order valence-corrected chi connectivity index (χ1v) is 6.49. The molecule has 0 radical (unpaired) electrons. The monoisotopic (exact) mass is 247 g/mol. The highest BCUT2D eigenvalue weighted by molar-refractivity contribution is 5.76. The minimum Gasteiger partial charge on any atom is -0.330 e. The Kier molecular flexibility index (Phi) is 3.87. The smallest absolute Gasteiger partial charge is 0.328 e. The third kappa shape index (κ3) is 2.34. The van der Waals surface area contributed by atoms with Crippen molar-refractivity contribution in [1.82, 2.24) is 9.13 Å². The summed E-state index contributed by atoms with van der Waals surface area (Å²) >= 11 is 0. The summed E-state index contributed by atoms with van der Waals surface area (Å²) in [6.07, 6.45) is 4.47. The van der Waals surface area contributed by atoms with Gasteiger partial charge < -0.3 is 5.73 Å². The van der Waals surface area contributed by atoms with Crippen LogP contribution in [0, 0.1) is 0 Å². The number of hydrogen-bond donors (Lipinski definition) is 1. The van der Waals surface area contributed by atoms with Crippen molar-refractivity contribution in [2.45, 2.75) is 25.7 Å². The van der Waals surface area contributed by atoms with E-state index < -0.39 is 0 Å². The van der Waals surface area contributed by atoms with Crippen LogP contribution in [0.4, 0.5) is 0 Å². The summed E-state index contributed by atoms with van der Waals surface area (Å²) < 4.78 is 3.40. The molecule has 18 heavy (non-hydrogen) atoms. The summed E-state index contributed by atoms with van der Waals surface area (Å²) in [7, 11) is 3.63. The van der Waals surface area contributed by atoms with Crippen molar-refractivity contribution < 1.29 is 0 Å². The van der Waals surface area contributed by atoms with Crippen molar-refractivity contribution in [2.75, 3.05) is 6.54 Å². The second-order valence-electron chi connectivity index (χ2n) is 4.82. The lowest BCUT2D eigenvalue weighted by Crippen LogP contribution is -2.19. The molecule has 0 spiro atoms. The number of aromatic nitrogens is 2. The highest BCUT2D eigenvalue weighted by Crippen LogP contribution is 2.15. The maximum Gasteiger partial charge on any atom is 0.328 e. The molecular formula is C14H21N3O. The highest BCUT2D eigenvalue weighted by Gasteiger charge is 2.07. The fourth-order valence-corrected chi connectivity index (χ4v) is 2.36. The zero-order chi connectivity index (χ0) is 13.1. The van der Waals surface area contributed by atoms with E-state index >= 15 is 0 Å². The summed E-state index contributed by atoms with van der Waals surface area (Å²) in [5.41, 5.74) is 8.81. The average Bonchev–Trinajstić information content (AvgIpc) is 2.60. The number of fused-ring (bicyclic) bond motifs is 1. The summed E-state index contributed by atoms with van der Waals surface area (Å²) in [6.45, 7) is 0.770. The molecule has 1 aromatic heterocycles. The molecule has 0 aliphatic rings. The van der Waals surface area contributed by atoms with E-state index in [9.17, 15) is 4.79 Å². The van der Waals surface area contributed by atoms with E-state index in [0.29, 0.717) is 0 Å². The van der Waals surface area contributed by atoms with Gasteiger partial charge in [-0.3, -0.25) is 9.13 Å². The van der Waals surface area contributed by atoms with E-state index in [2.05, 4.69) is 12.1 Å². The van der Waals surface area contributed by atoms with Crippen LogP contribution >= 0.6 is 0 Å². The molecule has 98 valence electrons.